The van der Waals surface area contributed by atoms with Gasteiger partial charge >= 0.3 is 0 Å². The number of hydrogen-bond acceptors (Lipinski definition) is 2. The molecule has 0 aromatic rings. The number of hydrogen-bond donors (Lipinski definition) is 2. The molecule has 0 amide bonds. The van der Waals surface area contributed by atoms with E-state index in [0.717, 1.165) is 13.0 Å². The molecule has 0 saturated heterocycles. The van der Waals surface area contributed by atoms with Gasteiger partial charge in [0.2, 0.25) is 0 Å². The Balaban J connectivity index is 4.14. The number of nitrogens with one attached hydrogen (secondary N) is 1. The first-order chi connectivity index (χ1) is 5.81. The number of nitrogens with two attached hydrogens (primary N) is 1. The van der Waals surface area contributed by atoms with Crippen LogP contribution in [0.5, 0.6) is 0 Å². The molecule has 1 unspecified atom stereocenters. The van der Waals surface area contributed by atoms with Gasteiger partial charge in [0, 0.05) is 18.0 Å². The summed E-state index contributed by atoms with van der Waals surface area (Å²) in [6, 6.07) is 0. The smallest absolute Gasteiger partial charge is 0.0947 e. The second kappa shape index (κ2) is 4.61. The number of amidine groups is 1. The van der Waals surface area contributed by atoms with Crippen molar-refractivity contribution in [1.82, 2.24) is 4.90 Å². The second-order valence-electron chi connectivity index (χ2n) is 4.40. The molecule has 3 N–H and O–H groups in total. The number of nitrogens with zero attached hydrogens (tertiary/aromatic N) is 1. The lowest BCUT2D eigenvalue weighted by Gasteiger charge is -2.36. The SMILES string of the molecule is CCC(C)(C)N(C)CC(C)C(=N)N. The van der Waals surface area contributed by atoms with E-state index in [-0.39, 0.29) is 17.3 Å². The molecule has 0 aliphatic heterocycles. The molecule has 0 aromatic heterocycles. The summed E-state index contributed by atoms with van der Waals surface area (Å²) in [5, 5.41) is 7.31. The molecule has 0 aliphatic rings. The first-order valence-corrected chi connectivity index (χ1v) is 4.86. The predicted molar refractivity (Wildman–Crippen MR) is 58.1 cm³/mol. The Bertz CT molecular complexity index is 175. The molecule has 78 valence electrons. The first-order valence-electron chi connectivity index (χ1n) is 4.86. The van der Waals surface area contributed by atoms with Gasteiger partial charge in [-0.3, -0.25) is 5.41 Å². The van der Waals surface area contributed by atoms with Crippen LogP contribution in [0.3, 0.4) is 0 Å². The Hall–Kier alpha value is -0.570. The topological polar surface area (TPSA) is 53.1 Å². The van der Waals surface area contributed by atoms with Crippen LogP contribution in [0.25, 0.3) is 0 Å². The average molecular weight is 185 g/mol. The maximum absolute atomic E-state index is 7.31. The van der Waals surface area contributed by atoms with E-state index in [9.17, 15) is 0 Å². The summed E-state index contributed by atoms with van der Waals surface area (Å²) in [5.41, 5.74) is 5.62. The van der Waals surface area contributed by atoms with Crippen molar-refractivity contribution in [2.24, 2.45) is 11.7 Å². The van der Waals surface area contributed by atoms with Gasteiger partial charge in [-0.15, -0.1) is 0 Å². The predicted octanol–water partition coefficient (Wildman–Crippen LogP) is 1.68. The zero-order chi connectivity index (χ0) is 10.6. The summed E-state index contributed by atoms with van der Waals surface area (Å²) in [7, 11) is 2.09. The Kier molecular flexibility index (Phi) is 4.40. The first kappa shape index (κ1) is 12.4. The van der Waals surface area contributed by atoms with Crippen LogP contribution in [0.1, 0.15) is 34.1 Å². The molecule has 0 aromatic carbocycles. The molecule has 3 nitrogen and oxygen atoms in total. The van der Waals surface area contributed by atoms with Crippen LogP contribution >= 0.6 is 0 Å². The van der Waals surface area contributed by atoms with Crippen molar-refractivity contribution >= 4 is 5.84 Å². The van der Waals surface area contributed by atoms with Crippen molar-refractivity contribution in [3.63, 3.8) is 0 Å². The van der Waals surface area contributed by atoms with Crippen molar-refractivity contribution in [3.05, 3.63) is 0 Å². The lowest BCUT2D eigenvalue weighted by Crippen LogP contribution is -2.44. The van der Waals surface area contributed by atoms with E-state index in [2.05, 4.69) is 32.7 Å². The largest absolute Gasteiger partial charge is 0.387 e. The van der Waals surface area contributed by atoms with Crippen molar-refractivity contribution in [3.8, 4) is 0 Å². The van der Waals surface area contributed by atoms with Crippen LogP contribution in [0.4, 0.5) is 0 Å². The molecule has 0 radical (unpaired) electrons. The van der Waals surface area contributed by atoms with E-state index >= 15 is 0 Å². The molecular formula is C10H23N3. The molecule has 0 rings (SSSR count). The highest BCUT2D eigenvalue weighted by atomic mass is 15.2. The van der Waals surface area contributed by atoms with Crippen molar-refractivity contribution in [2.45, 2.75) is 39.7 Å². The summed E-state index contributed by atoms with van der Waals surface area (Å²) in [6.45, 7) is 9.44. The van der Waals surface area contributed by atoms with Crippen LogP contribution in [-0.4, -0.2) is 29.9 Å². The fourth-order valence-electron chi connectivity index (χ4n) is 1.03. The Labute approximate surface area is 81.8 Å². The van der Waals surface area contributed by atoms with E-state index < -0.39 is 0 Å². The molecule has 3 heteroatoms. The highest BCUT2D eigenvalue weighted by Gasteiger charge is 2.22. The summed E-state index contributed by atoms with van der Waals surface area (Å²) in [4.78, 5) is 2.26. The molecule has 0 heterocycles. The van der Waals surface area contributed by atoms with Crippen molar-refractivity contribution in [2.75, 3.05) is 13.6 Å². The highest BCUT2D eigenvalue weighted by molar-refractivity contribution is 5.79. The molecule has 0 spiro atoms. The van der Waals surface area contributed by atoms with Crippen molar-refractivity contribution in [1.29, 1.82) is 5.41 Å². The van der Waals surface area contributed by atoms with E-state index in [1.165, 1.54) is 0 Å². The minimum Gasteiger partial charge on any atom is -0.387 e. The van der Waals surface area contributed by atoms with Gasteiger partial charge in [0.25, 0.3) is 0 Å². The van der Waals surface area contributed by atoms with Crippen molar-refractivity contribution < 1.29 is 0 Å². The summed E-state index contributed by atoms with van der Waals surface area (Å²) < 4.78 is 0. The summed E-state index contributed by atoms with van der Waals surface area (Å²) >= 11 is 0. The molecule has 1 atom stereocenters. The third kappa shape index (κ3) is 3.77. The lowest BCUT2D eigenvalue weighted by molar-refractivity contribution is 0.142. The fraction of sp³-hybridized carbons (Fsp3) is 0.900. The van der Waals surface area contributed by atoms with Crippen LogP contribution < -0.4 is 5.73 Å². The van der Waals surface area contributed by atoms with Gasteiger partial charge in [-0.25, -0.2) is 0 Å². The van der Waals surface area contributed by atoms with Gasteiger partial charge in [0.15, 0.2) is 0 Å². The van der Waals surface area contributed by atoms with E-state index in [1.807, 2.05) is 6.92 Å². The zero-order valence-corrected chi connectivity index (χ0v) is 9.52. The minimum absolute atomic E-state index is 0.149. The lowest BCUT2D eigenvalue weighted by atomic mass is 9.98. The fourth-order valence-corrected chi connectivity index (χ4v) is 1.03. The Morgan fingerprint density at radius 2 is 2.00 bits per heavy atom. The van der Waals surface area contributed by atoms with E-state index in [4.69, 9.17) is 11.1 Å². The molecule has 0 saturated carbocycles. The zero-order valence-electron chi connectivity index (χ0n) is 9.52. The van der Waals surface area contributed by atoms with Gasteiger partial charge in [-0.05, 0) is 27.3 Å². The molecule has 0 fully saturated rings. The molecule has 13 heavy (non-hydrogen) atoms. The standard InChI is InChI=1S/C10H23N3/c1-6-10(3,4)13(5)7-8(2)9(11)12/h8H,6-7H2,1-5H3,(H3,11,12). The normalized spacial score (nSPS) is 14.6. The maximum Gasteiger partial charge on any atom is 0.0947 e. The maximum atomic E-state index is 7.31. The molecule has 0 bridgehead atoms. The Morgan fingerprint density at radius 1 is 1.54 bits per heavy atom. The van der Waals surface area contributed by atoms with Crippen LogP contribution in [0.15, 0.2) is 0 Å². The van der Waals surface area contributed by atoms with Gasteiger partial charge in [-0.1, -0.05) is 13.8 Å². The van der Waals surface area contributed by atoms with Gasteiger partial charge < -0.3 is 10.6 Å². The van der Waals surface area contributed by atoms with Crippen LogP contribution in [-0.2, 0) is 0 Å². The van der Waals surface area contributed by atoms with Crippen LogP contribution in [0.2, 0.25) is 0 Å². The minimum atomic E-state index is 0.149. The Morgan fingerprint density at radius 3 is 2.31 bits per heavy atom. The monoisotopic (exact) mass is 185 g/mol. The van der Waals surface area contributed by atoms with Crippen LogP contribution in [0, 0.1) is 11.3 Å². The van der Waals surface area contributed by atoms with E-state index in [1.54, 1.807) is 0 Å². The molecular weight excluding hydrogens is 162 g/mol. The highest BCUT2D eigenvalue weighted by Crippen LogP contribution is 2.17. The van der Waals surface area contributed by atoms with E-state index in [0.29, 0.717) is 0 Å². The van der Waals surface area contributed by atoms with Gasteiger partial charge in [-0.2, -0.15) is 0 Å². The van der Waals surface area contributed by atoms with Gasteiger partial charge in [0.1, 0.15) is 0 Å². The molecule has 0 aliphatic carbocycles. The summed E-state index contributed by atoms with van der Waals surface area (Å²) in [6.07, 6.45) is 1.11. The quantitative estimate of drug-likeness (QED) is 0.506. The summed E-state index contributed by atoms with van der Waals surface area (Å²) in [5.74, 6) is 0.426. The third-order valence-electron chi connectivity index (χ3n) is 2.98. The average Bonchev–Trinajstić information content (AvgIpc) is 2.04. The number of rotatable bonds is 5. The van der Waals surface area contributed by atoms with Gasteiger partial charge in [0.05, 0.1) is 5.84 Å². The second-order valence-corrected chi connectivity index (χ2v) is 4.40. The third-order valence-corrected chi connectivity index (χ3v) is 2.98.